The van der Waals surface area contributed by atoms with Crippen LogP contribution in [0.3, 0.4) is 0 Å². The highest BCUT2D eigenvalue weighted by atomic mass is 16.5. The van der Waals surface area contributed by atoms with Gasteiger partial charge >= 0.3 is 5.97 Å². The molecule has 0 aromatic heterocycles. The monoisotopic (exact) mass is 265 g/mol. The Labute approximate surface area is 109 Å². The van der Waals surface area contributed by atoms with E-state index in [0.717, 1.165) is 5.56 Å². The molecule has 0 amide bonds. The molecule has 2 aliphatic rings. The third-order valence-corrected chi connectivity index (χ3v) is 3.63. The Kier molecular flexibility index (Phi) is 2.83. The predicted octanol–water partition coefficient (Wildman–Crippen LogP) is 0.247. The maximum Gasteiger partial charge on any atom is 0.339 e. The van der Waals surface area contributed by atoms with Crippen LogP contribution in [0.5, 0.6) is 11.5 Å². The summed E-state index contributed by atoms with van der Waals surface area (Å²) in [6.07, 6.45) is 1.12. The number of aliphatic hydroxyl groups is 1. The molecule has 2 aliphatic heterocycles. The largest absolute Gasteiger partial charge is 0.493 e. The molecule has 0 radical (unpaired) electrons. The van der Waals surface area contributed by atoms with Gasteiger partial charge in [0.2, 0.25) is 0 Å². The fraction of sp³-hybridized carbons (Fsp3) is 0.462. The number of fused-ring (bicyclic) bond motifs is 2. The molecule has 2 heterocycles. The van der Waals surface area contributed by atoms with Crippen LogP contribution in [0.25, 0.3) is 0 Å². The lowest BCUT2D eigenvalue weighted by molar-refractivity contribution is 0.0692. The first-order valence-corrected chi connectivity index (χ1v) is 6.22. The van der Waals surface area contributed by atoms with Gasteiger partial charge in [0.05, 0.1) is 25.9 Å². The zero-order valence-corrected chi connectivity index (χ0v) is 10.3. The number of aliphatic hydroxyl groups excluding tert-OH is 1. The number of aromatic carboxylic acids is 1. The van der Waals surface area contributed by atoms with Crippen molar-refractivity contribution in [3.05, 3.63) is 22.3 Å². The van der Waals surface area contributed by atoms with Crippen molar-refractivity contribution in [1.82, 2.24) is 0 Å². The summed E-state index contributed by atoms with van der Waals surface area (Å²) in [6, 6.07) is -0.579. The number of nitrogens with two attached hydrogens (primary N) is 1. The molecule has 0 saturated carbocycles. The summed E-state index contributed by atoms with van der Waals surface area (Å²) < 4.78 is 11.0. The second-order valence-corrected chi connectivity index (χ2v) is 4.70. The Balaban J connectivity index is 2.31. The van der Waals surface area contributed by atoms with Gasteiger partial charge in [-0.25, -0.2) is 4.79 Å². The van der Waals surface area contributed by atoms with E-state index in [1.165, 1.54) is 0 Å². The van der Waals surface area contributed by atoms with Crippen LogP contribution in [0.2, 0.25) is 0 Å². The van der Waals surface area contributed by atoms with E-state index >= 15 is 0 Å². The molecule has 1 unspecified atom stereocenters. The first kappa shape index (κ1) is 12.3. The summed E-state index contributed by atoms with van der Waals surface area (Å²) in [5.41, 5.74) is 8.22. The average Bonchev–Trinajstić information content (AvgIpc) is 3.02. The van der Waals surface area contributed by atoms with Crippen LogP contribution in [0.15, 0.2) is 0 Å². The lowest BCUT2D eigenvalue weighted by atomic mass is 9.91. The van der Waals surface area contributed by atoms with Crippen LogP contribution in [-0.2, 0) is 12.8 Å². The van der Waals surface area contributed by atoms with Crippen molar-refractivity contribution in [2.45, 2.75) is 18.9 Å². The quantitative estimate of drug-likeness (QED) is 0.724. The fourth-order valence-electron chi connectivity index (χ4n) is 2.85. The number of rotatable bonds is 3. The highest BCUT2D eigenvalue weighted by Crippen LogP contribution is 2.46. The third-order valence-electron chi connectivity index (χ3n) is 3.63. The Bertz CT molecular complexity index is 519. The van der Waals surface area contributed by atoms with Crippen molar-refractivity contribution >= 4 is 5.97 Å². The van der Waals surface area contributed by atoms with Crippen LogP contribution in [-0.4, -0.2) is 36.0 Å². The molecule has 0 aliphatic carbocycles. The van der Waals surface area contributed by atoms with E-state index in [4.69, 9.17) is 15.2 Å². The van der Waals surface area contributed by atoms with Crippen molar-refractivity contribution in [1.29, 1.82) is 0 Å². The van der Waals surface area contributed by atoms with Gasteiger partial charge in [-0.05, 0) is 0 Å². The summed E-state index contributed by atoms with van der Waals surface area (Å²) in [6.45, 7) is 0.655. The van der Waals surface area contributed by atoms with Crippen molar-refractivity contribution in [2.24, 2.45) is 5.73 Å². The van der Waals surface area contributed by atoms with Gasteiger partial charge in [0.25, 0.3) is 0 Å². The van der Waals surface area contributed by atoms with Gasteiger partial charge in [0, 0.05) is 29.5 Å². The molecule has 0 fully saturated rings. The number of carboxylic acid groups (broad SMARTS) is 1. The molecule has 1 atom stereocenters. The summed E-state index contributed by atoms with van der Waals surface area (Å²) in [5.74, 6) is -0.0807. The molecule has 3 rings (SSSR count). The van der Waals surface area contributed by atoms with Crippen molar-refractivity contribution in [3.63, 3.8) is 0 Å². The average molecular weight is 265 g/mol. The normalized spacial score (nSPS) is 17.4. The van der Waals surface area contributed by atoms with E-state index < -0.39 is 12.0 Å². The van der Waals surface area contributed by atoms with E-state index in [9.17, 15) is 15.0 Å². The second-order valence-electron chi connectivity index (χ2n) is 4.70. The van der Waals surface area contributed by atoms with Gasteiger partial charge < -0.3 is 25.4 Å². The number of ether oxygens (including phenoxy) is 2. The molecule has 0 spiro atoms. The lowest BCUT2D eigenvalue weighted by Crippen LogP contribution is -2.18. The number of benzene rings is 1. The number of carboxylic acids is 1. The highest BCUT2D eigenvalue weighted by Gasteiger charge is 2.35. The number of hydrogen-bond donors (Lipinski definition) is 3. The SMILES string of the molecule is NC(CO)c1c2c(c(C(=O)O)c3c1OCC3)OCC2. The molecule has 6 nitrogen and oxygen atoms in total. The molecule has 0 saturated heterocycles. The van der Waals surface area contributed by atoms with Crippen molar-refractivity contribution < 1.29 is 24.5 Å². The molecule has 6 heteroatoms. The minimum Gasteiger partial charge on any atom is -0.493 e. The molecule has 19 heavy (non-hydrogen) atoms. The summed E-state index contributed by atoms with van der Waals surface area (Å²) in [4.78, 5) is 11.5. The number of carbonyl (C=O) groups is 1. The molecule has 0 bridgehead atoms. The molecule has 1 aromatic rings. The smallest absolute Gasteiger partial charge is 0.339 e. The maximum atomic E-state index is 11.5. The minimum atomic E-state index is -1.01. The van der Waals surface area contributed by atoms with Crippen LogP contribution in [0.4, 0.5) is 0 Å². The molecule has 1 aromatic carbocycles. The zero-order valence-electron chi connectivity index (χ0n) is 10.3. The van der Waals surface area contributed by atoms with Gasteiger partial charge in [-0.1, -0.05) is 0 Å². The summed E-state index contributed by atoms with van der Waals surface area (Å²) in [7, 11) is 0. The van der Waals surface area contributed by atoms with Gasteiger partial charge in [-0.2, -0.15) is 0 Å². The van der Waals surface area contributed by atoms with Gasteiger partial charge in [-0.3, -0.25) is 0 Å². The van der Waals surface area contributed by atoms with Gasteiger partial charge in [0.1, 0.15) is 17.1 Å². The Morgan fingerprint density at radius 3 is 2.47 bits per heavy atom. The van der Waals surface area contributed by atoms with Crippen LogP contribution >= 0.6 is 0 Å². The zero-order chi connectivity index (χ0) is 13.6. The van der Waals surface area contributed by atoms with E-state index in [1.54, 1.807) is 0 Å². The third kappa shape index (κ3) is 1.67. The topological polar surface area (TPSA) is 102 Å². The van der Waals surface area contributed by atoms with Crippen LogP contribution in [0, 0.1) is 0 Å². The molecule has 102 valence electrons. The van der Waals surface area contributed by atoms with E-state index in [-0.39, 0.29) is 12.2 Å². The van der Waals surface area contributed by atoms with E-state index in [1.807, 2.05) is 0 Å². The number of hydrogen-bond acceptors (Lipinski definition) is 5. The minimum absolute atomic E-state index is 0.189. The van der Waals surface area contributed by atoms with Gasteiger partial charge in [-0.15, -0.1) is 0 Å². The van der Waals surface area contributed by atoms with Crippen LogP contribution < -0.4 is 15.2 Å². The fourth-order valence-corrected chi connectivity index (χ4v) is 2.85. The summed E-state index contributed by atoms with van der Waals surface area (Å²) in [5, 5.41) is 18.7. The van der Waals surface area contributed by atoms with E-state index in [0.29, 0.717) is 48.7 Å². The van der Waals surface area contributed by atoms with Gasteiger partial charge in [0.15, 0.2) is 0 Å². The van der Waals surface area contributed by atoms with Crippen molar-refractivity contribution in [2.75, 3.05) is 19.8 Å². The van der Waals surface area contributed by atoms with E-state index in [2.05, 4.69) is 0 Å². The Morgan fingerprint density at radius 2 is 1.84 bits per heavy atom. The lowest BCUT2D eigenvalue weighted by Gasteiger charge is -2.19. The second kappa shape index (κ2) is 4.40. The maximum absolute atomic E-state index is 11.5. The standard InChI is InChI=1S/C13H15NO5/c14-8(5-15)9-6-1-3-19-12(6)10(13(16)17)7-2-4-18-11(7)9/h8,15H,1-5,14H2,(H,16,17). The highest BCUT2D eigenvalue weighted by molar-refractivity contribution is 5.95. The Hall–Kier alpha value is -1.79. The molecular weight excluding hydrogens is 250 g/mol. The predicted molar refractivity (Wildman–Crippen MR) is 65.8 cm³/mol. The summed E-state index contributed by atoms with van der Waals surface area (Å²) >= 11 is 0. The van der Waals surface area contributed by atoms with Crippen molar-refractivity contribution in [3.8, 4) is 11.5 Å². The first-order valence-electron chi connectivity index (χ1n) is 6.22. The Morgan fingerprint density at radius 1 is 1.21 bits per heavy atom. The molecule has 4 N–H and O–H groups in total. The van der Waals surface area contributed by atoms with Crippen LogP contribution in [0.1, 0.15) is 33.1 Å². The molecular formula is C13H15NO5. The first-order chi connectivity index (χ1) is 9.15.